The number of pyridine rings is 1. The quantitative estimate of drug-likeness (QED) is 0.668. The van der Waals surface area contributed by atoms with E-state index in [4.69, 9.17) is 0 Å². The first kappa shape index (κ1) is 14.6. The summed E-state index contributed by atoms with van der Waals surface area (Å²) >= 11 is 4.82. The molecule has 8 heteroatoms. The van der Waals surface area contributed by atoms with Gasteiger partial charge in [0.2, 0.25) is 0 Å². The maximum atomic E-state index is 12.0. The van der Waals surface area contributed by atoms with E-state index >= 15 is 0 Å². The molecule has 0 saturated heterocycles. The van der Waals surface area contributed by atoms with Crippen molar-refractivity contribution >= 4 is 40.5 Å². The van der Waals surface area contributed by atoms with E-state index in [1.807, 2.05) is 18.2 Å². The number of hydrogen-bond donors (Lipinski definition) is 0. The molecule has 0 unspecified atom stereocenters. The second-order valence-electron chi connectivity index (χ2n) is 4.07. The molecule has 3 heterocycles. The summed E-state index contributed by atoms with van der Waals surface area (Å²) in [5, 5.41) is 8.24. The highest BCUT2D eigenvalue weighted by Crippen LogP contribution is 2.30. The van der Waals surface area contributed by atoms with Crippen LogP contribution in [0.25, 0.3) is 5.65 Å². The first-order valence-corrected chi connectivity index (χ1v) is 9.11. The highest BCUT2D eigenvalue weighted by atomic mass is 32.2. The van der Waals surface area contributed by atoms with Crippen molar-refractivity contribution in [2.75, 3.05) is 5.75 Å². The first-order valence-electron chi connectivity index (χ1n) is 6.32. The van der Waals surface area contributed by atoms with Gasteiger partial charge in [0.05, 0.1) is 5.69 Å². The number of fused-ring (bicyclic) bond motifs is 1. The molecule has 3 aromatic heterocycles. The minimum atomic E-state index is -0.0595. The molecule has 0 aliphatic carbocycles. The standard InChI is InChI=1S/C13H12N4OS3/c1-2-19-12-15-16-13(21-12)20-8-9-7-11(18)17-6-4-3-5-10(17)14-9/h3-7H,2,8H2,1H3. The van der Waals surface area contributed by atoms with Crippen LogP contribution in [0.4, 0.5) is 0 Å². The molecule has 3 aromatic rings. The molecule has 0 aliphatic heterocycles. The average Bonchev–Trinajstić information content (AvgIpc) is 2.93. The lowest BCUT2D eigenvalue weighted by molar-refractivity contribution is 0.953. The molecule has 0 aromatic carbocycles. The van der Waals surface area contributed by atoms with Gasteiger partial charge in [0.25, 0.3) is 5.56 Å². The molecule has 108 valence electrons. The van der Waals surface area contributed by atoms with Crippen molar-refractivity contribution in [3.05, 3.63) is 46.5 Å². The van der Waals surface area contributed by atoms with Gasteiger partial charge in [-0.3, -0.25) is 9.20 Å². The fraction of sp³-hybridized carbons (Fsp3) is 0.231. The lowest BCUT2D eigenvalue weighted by Gasteiger charge is -2.02. The van der Waals surface area contributed by atoms with Crippen LogP contribution in [-0.4, -0.2) is 25.3 Å². The smallest absolute Gasteiger partial charge is 0.258 e. The van der Waals surface area contributed by atoms with E-state index in [9.17, 15) is 4.79 Å². The van der Waals surface area contributed by atoms with Gasteiger partial charge < -0.3 is 0 Å². The number of rotatable bonds is 5. The summed E-state index contributed by atoms with van der Waals surface area (Å²) in [5.41, 5.74) is 1.37. The van der Waals surface area contributed by atoms with Crippen molar-refractivity contribution in [2.24, 2.45) is 0 Å². The second-order valence-corrected chi connectivity index (χ2v) is 7.78. The lowest BCUT2D eigenvalue weighted by atomic mass is 10.4. The van der Waals surface area contributed by atoms with Gasteiger partial charge in [-0.15, -0.1) is 10.2 Å². The van der Waals surface area contributed by atoms with Crippen LogP contribution < -0.4 is 5.56 Å². The summed E-state index contributed by atoms with van der Waals surface area (Å²) in [5.74, 6) is 1.61. The highest BCUT2D eigenvalue weighted by Gasteiger charge is 2.07. The molecule has 0 radical (unpaired) electrons. The van der Waals surface area contributed by atoms with Crippen molar-refractivity contribution in [1.29, 1.82) is 0 Å². The predicted octanol–water partition coefficient (Wildman–Crippen LogP) is 2.95. The van der Waals surface area contributed by atoms with E-state index in [0.717, 1.165) is 20.1 Å². The van der Waals surface area contributed by atoms with Crippen molar-refractivity contribution in [3.63, 3.8) is 0 Å². The molecule has 21 heavy (non-hydrogen) atoms. The predicted molar refractivity (Wildman–Crippen MR) is 87.3 cm³/mol. The van der Waals surface area contributed by atoms with E-state index in [2.05, 4.69) is 22.1 Å². The Balaban J connectivity index is 1.77. The molecule has 0 spiro atoms. The Labute approximate surface area is 133 Å². The first-order chi connectivity index (χ1) is 10.3. The third-order valence-corrected chi connectivity index (χ3v) is 5.73. The largest absolute Gasteiger partial charge is 0.269 e. The molecule has 0 bridgehead atoms. The Bertz CT molecular complexity index is 814. The minimum Gasteiger partial charge on any atom is -0.269 e. The Kier molecular flexibility index (Phi) is 4.57. The Morgan fingerprint density at radius 1 is 1.24 bits per heavy atom. The topological polar surface area (TPSA) is 60.2 Å². The van der Waals surface area contributed by atoms with Gasteiger partial charge in [0.15, 0.2) is 8.68 Å². The zero-order valence-electron chi connectivity index (χ0n) is 11.2. The van der Waals surface area contributed by atoms with Crippen LogP contribution in [0.15, 0.2) is 43.9 Å². The van der Waals surface area contributed by atoms with Gasteiger partial charge in [-0.2, -0.15) is 0 Å². The van der Waals surface area contributed by atoms with Gasteiger partial charge in [-0.05, 0) is 17.9 Å². The summed E-state index contributed by atoms with van der Waals surface area (Å²) in [4.78, 5) is 16.5. The molecule has 0 atom stereocenters. The normalized spacial score (nSPS) is 11.1. The molecule has 0 aliphatic rings. The third-order valence-electron chi connectivity index (χ3n) is 2.62. The minimum absolute atomic E-state index is 0.0595. The molecule has 0 N–H and O–H groups in total. The zero-order chi connectivity index (χ0) is 14.7. The molecular formula is C13H12N4OS3. The summed E-state index contributed by atoms with van der Waals surface area (Å²) < 4.78 is 3.42. The second kappa shape index (κ2) is 6.59. The van der Waals surface area contributed by atoms with Crippen LogP contribution >= 0.6 is 34.9 Å². The van der Waals surface area contributed by atoms with Gasteiger partial charge in [0.1, 0.15) is 5.65 Å². The fourth-order valence-electron chi connectivity index (χ4n) is 1.75. The van der Waals surface area contributed by atoms with Gasteiger partial charge in [-0.25, -0.2) is 4.98 Å². The third kappa shape index (κ3) is 3.45. The molecule has 5 nitrogen and oxygen atoms in total. The summed E-state index contributed by atoms with van der Waals surface area (Å²) in [6.07, 6.45) is 1.72. The molecule has 0 saturated carbocycles. The highest BCUT2D eigenvalue weighted by molar-refractivity contribution is 8.02. The van der Waals surface area contributed by atoms with Crippen molar-refractivity contribution < 1.29 is 0 Å². The van der Waals surface area contributed by atoms with Crippen molar-refractivity contribution in [2.45, 2.75) is 21.4 Å². The summed E-state index contributed by atoms with van der Waals surface area (Å²) in [6.45, 7) is 2.09. The molecule has 3 rings (SSSR count). The van der Waals surface area contributed by atoms with Gasteiger partial charge in [-0.1, -0.05) is 47.9 Å². The van der Waals surface area contributed by atoms with Gasteiger partial charge >= 0.3 is 0 Å². The van der Waals surface area contributed by atoms with Crippen molar-refractivity contribution in [1.82, 2.24) is 19.6 Å². The monoisotopic (exact) mass is 336 g/mol. The lowest BCUT2D eigenvalue weighted by Crippen LogP contribution is -2.14. The average molecular weight is 336 g/mol. The number of aromatic nitrogens is 4. The van der Waals surface area contributed by atoms with E-state index in [1.165, 1.54) is 4.40 Å². The zero-order valence-corrected chi connectivity index (χ0v) is 13.7. The van der Waals surface area contributed by atoms with Crippen LogP contribution in [0.3, 0.4) is 0 Å². The number of nitrogens with zero attached hydrogens (tertiary/aromatic N) is 4. The summed E-state index contributed by atoms with van der Waals surface area (Å²) in [6, 6.07) is 7.09. The maximum Gasteiger partial charge on any atom is 0.258 e. The Hall–Kier alpha value is -1.38. The van der Waals surface area contributed by atoms with E-state index in [0.29, 0.717) is 11.4 Å². The van der Waals surface area contributed by atoms with Gasteiger partial charge in [0, 0.05) is 18.0 Å². The molecule has 0 amide bonds. The van der Waals surface area contributed by atoms with Crippen LogP contribution in [0.5, 0.6) is 0 Å². The van der Waals surface area contributed by atoms with E-state index < -0.39 is 0 Å². The number of thioether (sulfide) groups is 2. The SMILES string of the molecule is CCSc1nnc(SCc2cc(=O)n3ccccc3n2)s1. The van der Waals surface area contributed by atoms with E-state index in [1.54, 1.807) is 47.1 Å². The van der Waals surface area contributed by atoms with Crippen LogP contribution in [-0.2, 0) is 5.75 Å². The van der Waals surface area contributed by atoms with Crippen LogP contribution in [0.2, 0.25) is 0 Å². The van der Waals surface area contributed by atoms with Crippen molar-refractivity contribution in [3.8, 4) is 0 Å². The van der Waals surface area contributed by atoms with Crippen LogP contribution in [0.1, 0.15) is 12.6 Å². The molecular weight excluding hydrogens is 324 g/mol. The van der Waals surface area contributed by atoms with E-state index in [-0.39, 0.29) is 5.56 Å². The fourth-order valence-corrected chi connectivity index (χ4v) is 4.56. The number of hydrogen-bond acceptors (Lipinski definition) is 7. The Morgan fingerprint density at radius 3 is 2.86 bits per heavy atom. The maximum absolute atomic E-state index is 12.0. The Morgan fingerprint density at radius 2 is 2.05 bits per heavy atom. The van der Waals surface area contributed by atoms with Crippen LogP contribution in [0, 0.1) is 0 Å². The summed E-state index contributed by atoms with van der Waals surface area (Å²) in [7, 11) is 0. The molecule has 0 fully saturated rings.